The van der Waals surface area contributed by atoms with Crippen LogP contribution in [0.3, 0.4) is 0 Å². The number of nitrogens with one attached hydrogen (secondary N) is 1. The second-order valence-corrected chi connectivity index (χ2v) is 7.08. The summed E-state index contributed by atoms with van der Waals surface area (Å²) in [6.07, 6.45) is 7.88. The van der Waals surface area contributed by atoms with Gasteiger partial charge in [-0.15, -0.1) is 0 Å². The van der Waals surface area contributed by atoms with Crippen LogP contribution in [0.15, 0.2) is 36.8 Å². The molecule has 1 amide bonds. The van der Waals surface area contributed by atoms with Crippen molar-refractivity contribution in [2.45, 2.75) is 26.4 Å². The summed E-state index contributed by atoms with van der Waals surface area (Å²) in [6, 6.07) is 3.20. The van der Waals surface area contributed by atoms with Gasteiger partial charge in [-0.2, -0.15) is 0 Å². The van der Waals surface area contributed by atoms with Gasteiger partial charge in [0.15, 0.2) is 0 Å². The number of aromatic nitrogens is 3. The number of nitrogens with zero attached hydrogens (tertiary/aromatic N) is 4. The molecule has 30 heavy (non-hydrogen) atoms. The molecule has 9 nitrogen and oxygen atoms in total. The van der Waals surface area contributed by atoms with E-state index in [1.807, 2.05) is 17.9 Å². The Labute approximate surface area is 174 Å². The number of amides is 1. The lowest BCUT2D eigenvalue weighted by Gasteiger charge is -2.29. The molecular formula is C21H25N5O4. The Morgan fingerprint density at radius 1 is 1.20 bits per heavy atom. The Morgan fingerprint density at radius 2 is 1.97 bits per heavy atom. The van der Waals surface area contributed by atoms with Crippen molar-refractivity contribution in [1.29, 1.82) is 0 Å². The van der Waals surface area contributed by atoms with Crippen molar-refractivity contribution in [3.63, 3.8) is 0 Å². The summed E-state index contributed by atoms with van der Waals surface area (Å²) in [5, 5.41) is 11.6. The molecule has 0 radical (unpaired) electrons. The molecule has 9 heteroatoms. The second kappa shape index (κ2) is 9.93. The minimum absolute atomic E-state index is 0.0885. The van der Waals surface area contributed by atoms with Crippen LogP contribution < -0.4 is 10.1 Å². The fraction of sp³-hybridized carbons (Fsp3) is 0.381. The number of carboxylic acid groups (broad SMARTS) is 1. The standard InChI is InChI=1S/C14H18N4O2.C7H7NO2/c1-10(19)18-6-2-11(3-7-18)13-14(17-5-4-16-13)20-12-8-15-9-12;1-5-2-3-6(7(9)10)8-4-5/h2,4-5,12,15H,3,6-9H2,1H3;2-4H,1H3,(H,9,10). The first-order valence-electron chi connectivity index (χ1n) is 9.73. The number of carboxylic acids is 1. The lowest BCUT2D eigenvalue weighted by molar-refractivity contribution is -0.128. The van der Waals surface area contributed by atoms with Crippen molar-refractivity contribution >= 4 is 17.4 Å². The molecule has 4 rings (SSSR count). The molecule has 0 saturated carbocycles. The molecule has 0 aromatic carbocycles. The summed E-state index contributed by atoms with van der Waals surface area (Å²) in [7, 11) is 0. The van der Waals surface area contributed by atoms with E-state index in [1.165, 1.54) is 12.3 Å². The maximum Gasteiger partial charge on any atom is 0.354 e. The molecule has 2 aliphatic rings. The first-order valence-corrected chi connectivity index (χ1v) is 9.73. The van der Waals surface area contributed by atoms with Crippen LogP contribution >= 0.6 is 0 Å². The summed E-state index contributed by atoms with van der Waals surface area (Å²) in [6.45, 7) is 6.52. The van der Waals surface area contributed by atoms with Gasteiger partial charge in [0.2, 0.25) is 11.8 Å². The van der Waals surface area contributed by atoms with E-state index >= 15 is 0 Å². The number of rotatable bonds is 4. The van der Waals surface area contributed by atoms with Crippen molar-refractivity contribution in [3.05, 3.63) is 53.8 Å². The topological polar surface area (TPSA) is 118 Å². The van der Waals surface area contributed by atoms with Gasteiger partial charge in [-0.25, -0.2) is 19.7 Å². The lowest BCUT2D eigenvalue weighted by Crippen LogP contribution is -2.50. The number of ether oxygens (including phenoxy) is 1. The zero-order chi connectivity index (χ0) is 21.5. The summed E-state index contributed by atoms with van der Waals surface area (Å²) in [5.41, 5.74) is 2.97. The Bertz CT molecular complexity index is 925. The van der Waals surface area contributed by atoms with Crippen LogP contribution in [0.1, 0.15) is 35.1 Å². The maximum absolute atomic E-state index is 11.3. The SMILES string of the molecule is CC(=O)N1CC=C(c2nccnc2OC2CNC2)CC1.Cc1ccc(C(=O)O)nc1. The van der Waals surface area contributed by atoms with Gasteiger partial charge < -0.3 is 20.1 Å². The third-order valence-corrected chi connectivity index (χ3v) is 4.78. The molecule has 2 aliphatic heterocycles. The monoisotopic (exact) mass is 411 g/mol. The molecule has 0 unspecified atom stereocenters. The highest BCUT2D eigenvalue weighted by Crippen LogP contribution is 2.27. The van der Waals surface area contributed by atoms with Gasteiger partial charge in [-0.1, -0.05) is 12.1 Å². The number of aromatic carboxylic acids is 1. The van der Waals surface area contributed by atoms with Crippen molar-refractivity contribution in [3.8, 4) is 5.88 Å². The Kier molecular flexibility index (Phi) is 7.08. The Balaban J connectivity index is 0.000000216. The van der Waals surface area contributed by atoms with Gasteiger partial charge in [0, 0.05) is 51.7 Å². The predicted molar refractivity (Wildman–Crippen MR) is 110 cm³/mol. The van der Waals surface area contributed by atoms with Crippen molar-refractivity contribution in [2.75, 3.05) is 26.2 Å². The van der Waals surface area contributed by atoms with E-state index in [2.05, 4.69) is 20.3 Å². The largest absolute Gasteiger partial charge is 0.477 e. The normalized spacial score (nSPS) is 15.9. The molecule has 0 spiro atoms. The smallest absolute Gasteiger partial charge is 0.354 e. The summed E-state index contributed by atoms with van der Waals surface area (Å²) in [5.74, 6) is -0.280. The molecular weight excluding hydrogens is 386 g/mol. The van der Waals surface area contributed by atoms with Crippen LogP contribution in [0.25, 0.3) is 5.57 Å². The third kappa shape index (κ3) is 5.60. The van der Waals surface area contributed by atoms with E-state index in [0.717, 1.165) is 42.9 Å². The summed E-state index contributed by atoms with van der Waals surface area (Å²) in [4.78, 5) is 35.8. The van der Waals surface area contributed by atoms with Crippen LogP contribution in [-0.2, 0) is 4.79 Å². The van der Waals surface area contributed by atoms with Crippen LogP contribution in [0.5, 0.6) is 5.88 Å². The highest BCUT2D eigenvalue weighted by Gasteiger charge is 2.23. The van der Waals surface area contributed by atoms with Gasteiger partial charge in [-0.3, -0.25) is 4.79 Å². The molecule has 4 heterocycles. The Hall–Kier alpha value is -3.33. The summed E-state index contributed by atoms with van der Waals surface area (Å²) >= 11 is 0. The fourth-order valence-corrected chi connectivity index (χ4v) is 2.90. The quantitative estimate of drug-likeness (QED) is 0.778. The van der Waals surface area contributed by atoms with Gasteiger partial charge in [0.1, 0.15) is 17.5 Å². The van der Waals surface area contributed by atoms with Crippen molar-refractivity contribution in [2.24, 2.45) is 0 Å². The maximum atomic E-state index is 11.3. The average molecular weight is 411 g/mol. The zero-order valence-corrected chi connectivity index (χ0v) is 17.0. The molecule has 2 N–H and O–H groups in total. The van der Waals surface area contributed by atoms with Gasteiger partial charge >= 0.3 is 5.97 Å². The number of carbonyl (C=O) groups is 2. The van der Waals surface area contributed by atoms with E-state index < -0.39 is 5.97 Å². The minimum atomic E-state index is -0.986. The van der Waals surface area contributed by atoms with Gasteiger partial charge in [0.25, 0.3) is 0 Å². The number of pyridine rings is 1. The van der Waals surface area contributed by atoms with E-state index in [-0.39, 0.29) is 17.7 Å². The highest BCUT2D eigenvalue weighted by atomic mass is 16.5. The van der Waals surface area contributed by atoms with E-state index in [1.54, 1.807) is 25.4 Å². The molecule has 0 atom stereocenters. The third-order valence-electron chi connectivity index (χ3n) is 4.78. The molecule has 1 saturated heterocycles. The van der Waals surface area contributed by atoms with E-state index in [4.69, 9.17) is 9.84 Å². The number of hydrogen-bond acceptors (Lipinski definition) is 7. The lowest BCUT2D eigenvalue weighted by atomic mass is 10.0. The van der Waals surface area contributed by atoms with Crippen LogP contribution in [-0.4, -0.2) is 69.1 Å². The molecule has 2 aromatic heterocycles. The molecule has 2 aromatic rings. The number of carbonyl (C=O) groups excluding carboxylic acids is 1. The molecule has 0 aliphatic carbocycles. The highest BCUT2D eigenvalue weighted by molar-refractivity contribution is 5.85. The van der Waals surface area contributed by atoms with E-state index in [9.17, 15) is 9.59 Å². The van der Waals surface area contributed by atoms with Crippen molar-refractivity contribution in [1.82, 2.24) is 25.2 Å². The Morgan fingerprint density at radius 3 is 2.50 bits per heavy atom. The first-order chi connectivity index (χ1) is 14.4. The predicted octanol–water partition coefficient (Wildman–Crippen LogP) is 1.55. The van der Waals surface area contributed by atoms with Crippen molar-refractivity contribution < 1.29 is 19.4 Å². The minimum Gasteiger partial charge on any atom is -0.477 e. The molecule has 1 fully saturated rings. The fourth-order valence-electron chi connectivity index (χ4n) is 2.90. The first kappa shape index (κ1) is 21.4. The second-order valence-electron chi connectivity index (χ2n) is 7.08. The number of hydrogen-bond donors (Lipinski definition) is 2. The van der Waals surface area contributed by atoms with Gasteiger partial charge in [0.05, 0.1) is 0 Å². The van der Waals surface area contributed by atoms with Crippen LogP contribution in [0, 0.1) is 6.92 Å². The van der Waals surface area contributed by atoms with Crippen LogP contribution in [0.2, 0.25) is 0 Å². The molecule has 158 valence electrons. The van der Waals surface area contributed by atoms with Crippen LogP contribution in [0.4, 0.5) is 0 Å². The summed E-state index contributed by atoms with van der Waals surface area (Å²) < 4.78 is 5.85. The number of aryl methyl sites for hydroxylation is 1. The molecule has 0 bridgehead atoms. The average Bonchev–Trinajstić information content (AvgIpc) is 2.72. The van der Waals surface area contributed by atoms with Gasteiger partial charge in [-0.05, 0) is 30.5 Å². The zero-order valence-electron chi connectivity index (χ0n) is 17.0. The van der Waals surface area contributed by atoms with E-state index in [0.29, 0.717) is 12.4 Å².